The van der Waals surface area contributed by atoms with Crippen LogP contribution in [0.25, 0.3) is 0 Å². The predicted octanol–water partition coefficient (Wildman–Crippen LogP) is 0.539. The highest BCUT2D eigenvalue weighted by atomic mass is 32.2. The normalized spacial score (nSPS) is 26.2. The van der Waals surface area contributed by atoms with E-state index in [0.29, 0.717) is 26.2 Å². The first kappa shape index (κ1) is 13.7. The zero-order valence-electron chi connectivity index (χ0n) is 11.0. The summed E-state index contributed by atoms with van der Waals surface area (Å²) in [5.74, 6) is 1.52. The molecule has 2 aliphatic heterocycles. The van der Waals surface area contributed by atoms with Gasteiger partial charge >= 0.3 is 0 Å². The smallest absolute Gasteiger partial charge is 0.213 e. The van der Waals surface area contributed by atoms with Crippen LogP contribution in [0.1, 0.15) is 24.4 Å². The summed E-state index contributed by atoms with van der Waals surface area (Å²) in [4.78, 5) is 0. The Bertz CT molecular complexity index is 594. The predicted molar refractivity (Wildman–Crippen MR) is 74.3 cm³/mol. The number of nitrogens with two attached hydrogens (primary N) is 1. The molecule has 1 fully saturated rings. The summed E-state index contributed by atoms with van der Waals surface area (Å²) in [6.45, 7) is 1.52. The molecule has 3 rings (SSSR count). The summed E-state index contributed by atoms with van der Waals surface area (Å²) < 4.78 is 33.7. The van der Waals surface area contributed by atoms with Gasteiger partial charge in [0.2, 0.25) is 10.0 Å². The zero-order chi connectivity index (χ0) is 14.2. The second-order valence-corrected chi connectivity index (χ2v) is 7.00. The van der Waals surface area contributed by atoms with Gasteiger partial charge in [-0.05, 0) is 30.5 Å². The number of ether oxygens (including phenoxy) is 2. The highest BCUT2D eigenvalue weighted by Crippen LogP contribution is 2.34. The standard InChI is InChI=1S/C13H18N2O4S/c14-20(16,17)10-2-3-11(15-8-10)9-1-4-12-13(7-9)19-6-5-18-12/h1,4,7,10-11,15H,2-3,5-6,8H2,(H2,14,16,17). The van der Waals surface area contributed by atoms with Crippen molar-refractivity contribution in [1.82, 2.24) is 5.32 Å². The first-order chi connectivity index (χ1) is 9.54. The molecule has 110 valence electrons. The van der Waals surface area contributed by atoms with Gasteiger partial charge in [-0.2, -0.15) is 0 Å². The summed E-state index contributed by atoms with van der Waals surface area (Å²) in [7, 11) is -3.45. The molecule has 6 nitrogen and oxygen atoms in total. The van der Waals surface area contributed by atoms with Gasteiger partial charge < -0.3 is 14.8 Å². The molecule has 2 aliphatic rings. The highest BCUT2D eigenvalue weighted by molar-refractivity contribution is 7.89. The van der Waals surface area contributed by atoms with E-state index in [1.54, 1.807) is 0 Å². The van der Waals surface area contributed by atoms with Crippen LogP contribution in [0, 0.1) is 0 Å². The van der Waals surface area contributed by atoms with Crippen molar-refractivity contribution in [3.63, 3.8) is 0 Å². The molecule has 1 aromatic carbocycles. The molecule has 1 saturated heterocycles. The van der Waals surface area contributed by atoms with E-state index in [1.165, 1.54) is 0 Å². The van der Waals surface area contributed by atoms with Crippen molar-refractivity contribution in [3.05, 3.63) is 23.8 Å². The minimum Gasteiger partial charge on any atom is -0.486 e. The fourth-order valence-corrected chi connectivity index (χ4v) is 3.47. The molecule has 20 heavy (non-hydrogen) atoms. The van der Waals surface area contributed by atoms with Crippen molar-refractivity contribution >= 4 is 10.0 Å². The monoisotopic (exact) mass is 298 g/mol. The number of hydrogen-bond donors (Lipinski definition) is 2. The molecule has 3 N–H and O–H groups in total. The van der Waals surface area contributed by atoms with E-state index in [1.807, 2.05) is 18.2 Å². The number of nitrogens with one attached hydrogen (secondary N) is 1. The van der Waals surface area contributed by atoms with Crippen molar-refractivity contribution in [2.24, 2.45) is 5.14 Å². The summed E-state index contributed by atoms with van der Waals surface area (Å²) in [5.41, 5.74) is 1.09. The van der Waals surface area contributed by atoms with Crippen LogP contribution in [0.2, 0.25) is 0 Å². The Kier molecular flexibility index (Phi) is 3.57. The highest BCUT2D eigenvalue weighted by Gasteiger charge is 2.29. The molecule has 0 amide bonds. The minimum absolute atomic E-state index is 0.129. The SMILES string of the molecule is NS(=O)(=O)C1CCC(c2ccc3c(c2)OCCO3)NC1. The maximum absolute atomic E-state index is 11.3. The molecular weight excluding hydrogens is 280 g/mol. The summed E-state index contributed by atoms with van der Waals surface area (Å²) in [6, 6.07) is 5.98. The number of piperidine rings is 1. The largest absolute Gasteiger partial charge is 0.486 e. The van der Waals surface area contributed by atoms with Gasteiger partial charge in [0.1, 0.15) is 13.2 Å². The lowest BCUT2D eigenvalue weighted by Crippen LogP contribution is -2.43. The Morgan fingerprint density at radius 2 is 1.90 bits per heavy atom. The molecule has 2 atom stereocenters. The molecule has 0 saturated carbocycles. The topological polar surface area (TPSA) is 90.7 Å². The molecule has 0 aromatic heterocycles. The molecule has 0 bridgehead atoms. The van der Waals surface area contributed by atoms with E-state index in [2.05, 4.69) is 5.32 Å². The fraction of sp³-hybridized carbons (Fsp3) is 0.538. The Balaban J connectivity index is 1.72. The molecular formula is C13H18N2O4S. The molecule has 0 spiro atoms. The van der Waals surface area contributed by atoms with E-state index in [0.717, 1.165) is 23.5 Å². The van der Waals surface area contributed by atoms with Gasteiger partial charge in [0, 0.05) is 12.6 Å². The van der Waals surface area contributed by atoms with Gasteiger partial charge in [0.15, 0.2) is 11.5 Å². The summed E-state index contributed by atoms with van der Waals surface area (Å²) in [6.07, 6.45) is 1.31. The maximum atomic E-state index is 11.3. The van der Waals surface area contributed by atoms with Crippen LogP contribution in [-0.4, -0.2) is 33.4 Å². The van der Waals surface area contributed by atoms with E-state index >= 15 is 0 Å². The van der Waals surface area contributed by atoms with E-state index in [4.69, 9.17) is 14.6 Å². The summed E-state index contributed by atoms with van der Waals surface area (Å²) >= 11 is 0. The van der Waals surface area contributed by atoms with E-state index in [-0.39, 0.29) is 6.04 Å². The lowest BCUT2D eigenvalue weighted by atomic mass is 9.97. The Morgan fingerprint density at radius 1 is 1.15 bits per heavy atom. The third-order valence-corrected chi connectivity index (χ3v) is 5.13. The second kappa shape index (κ2) is 5.23. The van der Waals surface area contributed by atoms with Gasteiger partial charge in [-0.1, -0.05) is 6.07 Å². The fourth-order valence-electron chi connectivity index (χ4n) is 2.67. The number of primary sulfonamides is 1. The van der Waals surface area contributed by atoms with Crippen LogP contribution in [0.4, 0.5) is 0 Å². The molecule has 0 radical (unpaired) electrons. The van der Waals surface area contributed by atoms with Crippen LogP contribution < -0.4 is 19.9 Å². The lowest BCUT2D eigenvalue weighted by Gasteiger charge is -2.29. The lowest BCUT2D eigenvalue weighted by molar-refractivity contribution is 0.171. The third-order valence-electron chi connectivity index (χ3n) is 3.80. The molecule has 0 aliphatic carbocycles. The van der Waals surface area contributed by atoms with Gasteiger partial charge in [-0.25, -0.2) is 13.6 Å². The Hall–Kier alpha value is -1.31. The van der Waals surface area contributed by atoms with Crippen molar-refractivity contribution < 1.29 is 17.9 Å². The quantitative estimate of drug-likeness (QED) is 0.831. The molecule has 1 aromatic rings. The zero-order valence-corrected chi connectivity index (χ0v) is 11.9. The van der Waals surface area contributed by atoms with Crippen LogP contribution in [0.15, 0.2) is 18.2 Å². The molecule has 7 heteroatoms. The minimum atomic E-state index is -3.45. The van der Waals surface area contributed by atoms with E-state index in [9.17, 15) is 8.42 Å². The van der Waals surface area contributed by atoms with E-state index < -0.39 is 15.3 Å². The van der Waals surface area contributed by atoms with Crippen LogP contribution in [0.3, 0.4) is 0 Å². The van der Waals surface area contributed by atoms with Crippen LogP contribution in [0.5, 0.6) is 11.5 Å². The first-order valence-electron chi connectivity index (χ1n) is 6.68. The Labute approximate surface area is 118 Å². The van der Waals surface area contributed by atoms with Crippen molar-refractivity contribution in [2.75, 3.05) is 19.8 Å². The number of benzene rings is 1. The number of rotatable bonds is 2. The first-order valence-corrected chi connectivity index (χ1v) is 8.29. The van der Waals surface area contributed by atoms with Crippen molar-refractivity contribution in [3.8, 4) is 11.5 Å². The van der Waals surface area contributed by atoms with Crippen molar-refractivity contribution in [2.45, 2.75) is 24.1 Å². The average molecular weight is 298 g/mol. The van der Waals surface area contributed by atoms with Crippen LogP contribution in [-0.2, 0) is 10.0 Å². The summed E-state index contributed by atoms with van der Waals surface area (Å²) in [5, 5.41) is 7.93. The van der Waals surface area contributed by atoms with Gasteiger partial charge in [-0.15, -0.1) is 0 Å². The molecule has 2 unspecified atom stereocenters. The number of sulfonamides is 1. The second-order valence-electron chi connectivity index (χ2n) is 5.15. The number of fused-ring (bicyclic) bond motifs is 1. The molecule has 2 heterocycles. The third kappa shape index (κ3) is 2.74. The average Bonchev–Trinajstić information content (AvgIpc) is 2.46. The number of hydrogen-bond acceptors (Lipinski definition) is 5. The van der Waals surface area contributed by atoms with Gasteiger partial charge in [0.25, 0.3) is 0 Å². The van der Waals surface area contributed by atoms with Gasteiger partial charge in [0.05, 0.1) is 5.25 Å². The Morgan fingerprint density at radius 3 is 2.55 bits per heavy atom. The van der Waals surface area contributed by atoms with Crippen LogP contribution >= 0.6 is 0 Å². The maximum Gasteiger partial charge on any atom is 0.213 e. The van der Waals surface area contributed by atoms with Gasteiger partial charge in [-0.3, -0.25) is 0 Å². The van der Waals surface area contributed by atoms with Crippen molar-refractivity contribution in [1.29, 1.82) is 0 Å².